The third-order valence-electron chi connectivity index (χ3n) is 3.77. The summed E-state index contributed by atoms with van der Waals surface area (Å²) in [7, 11) is 0. The Labute approximate surface area is 173 Å². The summed E-state index contributed by atoms with van der Waals surface area (Å²) in [6.45, 7) is 2.36. The third-order valence-corrected chi connectivity index (χ3v) is 5.01. The molecule has 0 fully saturated rings. The van der Waals surface area contributed by atoms with Crippen molar-refractivity contribution in [2.24, 2.45) is 4.99 Å². The van der Waals surface area contributed by atoms with Gasteiger partial charge in [-0.1, -0.05) is 11.6 Å². The van der Waals surface area contributed by atoms with Gasteiger partial charge in [0.2, 0.25) is 5.88 Å². The predicted molar refractivity (Wildman–Crippen MR) is 112 cm³/mol. The average molecular weight is 465 g/mol. The molecule has 0 amide bonds. The lowest BCUT2D eigenvalue weighted by molar-refractivity contribution is 0.340. The maximum Gasteiger partial charge on any atom is 0.335 e. The zero-order chi connectivity index (χ0) is 20.3. The molecule has 3 aromatic rings. The smallest absolute Gasteiger partial charge is 0.335 e. The van der Waals surface area contributed by atoms with Crippen LogP contribution in [0.2, 0.25) is 5.02 Å². The van der Waals surface area contributed by atoms with Crippen LogP contribution in [0.25, 0.3) is 5.69 Å². The molecule has 0 saturated carbocycles. The van der Waals surface area contributed by atoms with Crippen LogP contribution in [0.15, 0.2) is 61.5 Å². The minimum Gasteiger partial charge on any atom is -0.494 e. The zero-order valence-electron chi connectivity index (χ0n) is 14.6. The molecule has 144 valence electrons. The first kappa shape index (κ1) is 19.9. The monoisotopic (exact) mass is 463 g/mol. The molecule has 7 nitrogen and oxygen atoms in total. The van der Waals surface area contributed by atoms with E-state index in [0.29, 0.717) is 33.2 Å². The van der Waals surface area contributed by atoms with Crippen molar-refractivity contribution in [1.29, 1.82) is 0 Å². The van der Waals surface area contributed by atoms with Crippen LogP contribution >= 0.6 is 27.5 Å². The van der Waals surface area contributed by atoms with Gasteiger partial charge >= 0.3 is 5.69 Å². The lowest BCUT2D eigenvalue weighted by Gasteiger charge is -2.10. The van der Waals surface area contributed by atoms with E-state index in [9.17, 15) is 14.7 Å². The average Bonchev–Trinajstić information content (AvgIpc) is 2.65. The van der Waals surface area contributed by atoms with Gasteiger partial charge in [-0.3, -0.25) is 14.8 Å². The highest BCUT2D eigenvalue weighted by atomic mass is 79.9. The van der Waals surface area contributed by atoms with Crippen molar-refractivity contribution in [3.8, 4) is 17.3 Å². The molecule has 0 saturated heterocycles. The van der Waals surface area contributed by atoms with Gasteiger partial charge in [0, 0.05) is 10.7 Å². The first-order valence-corrected chi connectivity index (χ1v) is 9.38. The van der Waals surface area contributed by atoms with E-state index < -0.39 is 17.1 Å². The van der Waals surface area contributed by atoms with Crippen molar-refractivity contribution >= 4 is 39.4 Å². The van der Waals surface area contributed by atoms with Crippen molar-refractivity contribution in [2.75, 3.05) is 6.61 Å². The van der Waals surface area contributed by atoms with Crippen molar-refractivity contribution < 1.29 is 9.84 Å². The molecule has 0 aliphatic carbocycles. The fourth-order valence-corrected chi connectivity index (χ4v) is 2.88. The molecular formula is C19H15BrClN3O4. The number of hydrogen-bond donors (Lipinski definition) is 2. The summed E-state index contributed by atoms with van der Waals surface area (Å²) in [6, 6.07) is 11.5. The minimum atomic E-state index is -0.768. The van der Waals surface area contributed by atoms with E-state index in [2.05, 4.69) is 25.9 Å². The molecule has 9 heteroatoms. The highest BCUT2D eigenvalue weighted by Gasteiger charge is 2.14. The van der Waals surface area contributed by atoms with Crippen LogP contribution in [0.4, 0.5) is 5.69 Å². The third kappa shape index (κ3) is 4.18. The summed E-state index contributed by atoms with van der Waals surface area (Å²) >= 11 is 9.31. The van der Waals surface area contributed by atoms with E-state index in [0.717, 1.165) is 4.57 Å². The van der Waals surface area contributed by atoms with Crippen LogP contribution in [0.1, 0.15) is 12.5 Å². The molecular weight excluding hydrogens is 450 g/mol. The fourth-order valence-electron chi connectivity index (χ4n) is 2.46. The van der Waals surface area contributed by atoms with Gasteiger partial charge in [0.25, 0.3) is 5.56 Å². The number of ether oxygens (including phenoxy) is 1. The van der Waals surface area contributed by atoms with Gasteiger partial charge in [-0.15, -0.1) is 0 Å². The number of H-pyrrole nitrogens is 1. The van der Waals surface area contributed by atoms with Gasteiger partial charge in [0.05, 0.1) is 23.0 Å². The van der Waals surface area contributed by atoms with E-state index in [4.69, 9.17) is 16.3 Å². The Bertz CT molecular complexity index is 1150. The van der Waals surface area contributed by atoms with E-state index in [1.807, 2.05) is 6.92 Å². The molecule has 3 rings (SSSR count). The maximum absolute atomic E-state index is 12.2. The molecule has 0 bridgehead atoms. The molecule has 2 N–H and O–H groups in total. The molecule has 0 unspecified atom stereocenters. The second-order valence-corrected chi connectivity index (χ2v) is 6.88. The van der Waals surface area contributed by atoms with Crippen LogP contribution in [-0.4, -0.2) is 27.5 Å². The molecule has 1 aromatic heterocycles. The zero-order valence-corrected chi connectivity index (χ0v) is 17.0. The number of nitrogens with zero attached hydrogens (tertiary/aromatic N) is 2. The van der Waals surface area contributed by atoms with Crippen LogP contribution < -0.4 is 16.0 Å². The Hall–Kier alpha value is -2.84. The van der Waals surface area contributed by atoms with E-state index >= 15 is 0 Å². The number of aliphatic imine (C=N–C) groups is 1. The quantitative estimate of drug-likeness (QED) is 0.561. The number of aromatic nitrogens is 2. The number of nitrogens with one attached hydrogen (secondary N) is 1. The molecule has 0 aliphatic rings. The molecule has 0 aliphatic heterocycles. The predicted octanol–water partition coefficient (Wildman–Crippen LogP) is 3.80. The van der Waals surface area contributed by atoms with Crippen LogP contribution in [-0.2, 0) is 0 Å². The van der Waals surface area contributed by atoms with Crippen molar-refractivity contribution in [1.82, 2.24) is 9.55 Å². The second-order valence-electron chi connectivity index (χ2n) is 5.62. The first-order chi connectivity index (χ1) is 13.4. The summed E-state index contributed by atoms with van der Waals surface area (Å²) in [6.07, 6.45) is 1.18. The van der Waals surface area contributed by atoms with Crippen LogP contribution in [0.5, 0.6) is 11.6 Å². The maximum atomic E-state index is 12.2. The Balaban J connectivity index is 2.04. The van der Waals surface area contributed by atoms with Gasteiger partial charge in [-0.05, 0) is 65.3 Å². The summed E-state index contributed by atoms with van der Waals surface area (Å²) in [5.74, 6) is 0.0991. The Kier molecular flexibility index (Phi) is 6.01. The van der Waals surface area contributed by atoms with Crippen molar-refractivity contribution in [2.45, 2.75) is 6.92 Å². The van der Waals surface area contributed by atoms with E-state index in [-0.39, 0.29) is 5.56 Å². The Morgan fingerprint density at radius 3 is 2.61 bits per heavy atom. The molecule has 2 aromatic carbocycles. The van der Waals surface area contributed by atoms with Gasteiger partial charge in [0.1, 0.15) is 11.3 Å². The Morgan fingerprint density at radius 2 is 1.96 bits per heavy atom. The lowest BCUT2D eigenvalue weighted by Crippen LogP contribution is -2.31. The number of aromatic amines is 1. The van der Waals surface area contributed by atoms with Crippen LogP contribution in [0, 0.1) is 0 Å². The highest BCUT2D eigenvalue weighted by molar-refractivity contribution is 9.10. The SMILES string of the molecule is CCOc1ccc(-n2c(O)c(C=Nc3ccc(Br)c(Cl)c3)c(=O)[nH]c2=O)cc1. The number of benzene rings is 2. The van der Waals surface area contributed by atoms with Crippen molar-refractivity contribution in [3.05, 3.63) is 78.4 Å². The van der Waals surface area contributed by atoms with Crippen LogP contribution in [0.3, 0.4) is 0 Å². The molecule has 28 heavy (non-hydrogen) atoms. The van der Waals surface area contributed by atoms with E-state index in [1.54, 1.807) is 42.5 Å². The number of aromatic hydroxyl groups is 1. The van der Waals surface area contributed by atoms with Crippen molar-refractivity contribution in [3.63, 3.8) is 0 Å². The molecule has 0 radical (unpaired) electrons. The largest absolute Gasteiger partial charge is 0.494 e. The normalized spacial score (nSPS) is 11.1. The first-order valence-electron chi connectivity index (χ1n) is 8.21. The summed E-state index contributed by atoms with van der Waals surface area (Å²) in [4.78, 5) is 30.7. The van der Waals surface area contributed by atoms with Gasteiger partial charge in [0.15, 0.2) is 0 Å². The minimum absolute atomic E-state index is 0.160. The van der Waals surface area contributed by atoms with Gasteiger partial charge in [-0.2, -0.15) is 0 Å². The lowest BCUT2D eigenvalue weighted by atomic mass is 10.2. The number of hydrogen-bond acceptors (Lipinski definition) is 5. The second kappa shape index (κ2) is 8.45. The van der Waals surface area contributed by atoms with Gasteiger partial charge in [-0.25, -0.2) is 9.36 Å². The summed E-state index contributed by atoms with van der Waals surface area (Å²) in [5, 5.41) is 11.0. The molecule has 0 spiro atoms. The summed E-state index contributed by atoms with van der Waals surface area (Å²) < 4.78 is 7.05. The highest BCUT2D eigenvalue weighted by Crippen LogP contribution is 2.27. The molecule has 0 atom stereocenters. The standard InChI is InChI=1S/C19H15BrClN3O4/c1-2-28-13-6-4-12(5-7-13)24-18(26)14(17(25)23-19(24)27)10-22-11-3-8-15(20)16(21)9-11/h3-10,26H,2H2,1H3,(H,23,25,27). The Morgan fingerprint density at radius 1 is 1.25 bits per heavy atom. The number of halogens is 2. The molecule has 1 heterocycles. The van der Waals surface area contributed by atoms with E-state index in [1.165, 1.54) is 6.21 Å². The number of rotatable bonds is 5. The van der Waals surface area contributed by atoms with Gasteiger partial charge < -0.3 is 9.84 Å². The fraction of sp³-hybridized carbons (Fsp3) is 0.105. The summed E-state index contributed by atoms with van der Waals surface area (Å²) in [5.41, 5.74) is -0.839. The topological polar surface area (TPSA) is 96.7 Å².